The monoisotopic (exact) mass is 261 g/mol. The van der Waals surface area contributed by atoms with Crippen molar-refractivity contribution in [1.82, 2.24) is 9.78 Å². The van der Waals surface area contributed by atoms with Gasteiger partial charge in [0.15, 0.2) is 0 Å². The molecule has 0 fully saturated rings. The highest BCUT2D eigenvalue weighted by Gasteiger charge is 2.12. The Labute approximate surface area is 112 Å². The van der Waals surface area contributed by atoms with Gasteiger partial charge in [0.25, 0.3) is 0 Å². The van der Waals surface area contributed by atoms with Crippen molar-refractivity contribution in [3.63, 3.8) is 0 Å². The number of hydrogen-bond acceptors (Lipinski definition) is 3. The minimum atomic E-state index is 0.824. The third-order valence-corrected chi connectivity index (χ3v) is 3.96. The molecule has 0 bridgehead atoms. The highest BCUT2D eigenvalue weighted by Crippen LogP contribution is 2.30. The zero-order valence-corrected chi connectivity index (χ0v) is 11.7. The lowest BCUT2D eigenvalue weighted by Gasteiger charge is -2.06. The van der Waals surface area contributed by atoms with Gasteiger partial charge in [-0.15, -0.1) is 0 Å². The van der Waals surface area contributed by atoms with Crippen molar-refractivity contribution in [2.45, 2.75) is 37.6 Å². The van der Waals surface area contributed by atoms with Crippen molar-refractivity contribution >= 4 is 17.4 Å². The van der Waals surface area contributed by atoms with E-state index in [-0.39, 0.29) is 0 Å². The minimum absolute atomic E-state index is 0.824. The average molecular weight is 261 g/mol. The zero-order chi connectivity index (χ0) is 13.0. The van der Waals surface area contributed by atoms with Crippen molar-refractivity contribution in [3.05, 3.63) is 41.6 Å². The molecule has 0 aliphatic carbocycles. The van der Waals surface area contributed by atoms with Gasteiger partial charge in [0.1, 0.15) is 5.03 Å². The number of rotatable bonds is 5. The summed E-state index contributed by atoms with van der Waals surface area (Å²) in [6, 6.07) is 10.4. The molecule has 4 heteroatoms. The van der Waals surface area contributed by atoms with E-state index in [1.165, 1.54) is 5.56 Å². The maximum Gasteiger partial charge on any atom is 0.118 e. The van der Waals surface area contributed by atoms with Crippen molar-refractivity contribution in [2.24, 2.45) is 0 Å². The Balaban J connectivity index is 2.13. The van der Waals surface area contributed by atoms with Crippen LogP contribution in [0.5, 0.6) is 0 Å². The molecule has 2 rings (SSSR count). The quantitative estimate of drug-likeness (QED) is 0.838. The van der Waals surface area contributed by atoms with Crippen molar-refractivity contribution in [1.29, 1.82) is 0 Å². The molecular weight excluding hydrogens is 242 g/mol. The van der Waals surface area contributed by atoms with Crippen LogP contribution >= 0.6 is 11.8 Å². The van der Waals surface area contributed by atoms with Gasteiger partial charge >= 0.3 is 0 Å². The topological polar surface area (TPSA) is 43.8 Å². The SMILES string of the molecule is CCCn1nc(C)c(N)c1SCc1ccccc1. The van der Waals surface area contributed by atoms with E-state index in [0.717, 1.165) is 35.1 Å². The van der Waals surface area contributed by atoms with Crippen LogP contribution in [-0.4, -0.2) is 9.78 Å². The van der Waals surface area contributed by atoms with Crippen molar-refractivity contribution in [2.75, 3.05) is 5.73 Å². The number of aryl methyl sites for hydroxylation is 2. The number of nitrogens with two attached hydrogens (primary N) is 1. The van der Waals surface area contributed by atoms with E-state index in [0.29, 0.717) is 0 Å². The molecular formula is C14H19N3S. The number of nitrogens with zero attached hydrogens (tertiary/aromatic N) is 2. The Bertz CT molecular complexity index is 505. The van der Waals surface area contributed by atoms with Crippen LogP contribution in [0.25, 0.3) is 0 Å². The van der Waals surface area contributed by atoms with Gasteiger partial charge in [-0.25, -0.2) is 0 Å². The molecule has 2 aromatic rings. The first kappa shape index (κ1) is 13.0. The van der Waals surface area contributed by atoms with Gasteiger partial charge in [-0.1, -0.05) is 49.0 Å². The second kappa shape index (κ2) is 5.96. The van der Waals surface area contributed by atoms with Crippen LogP contribution in [0.3, 0.4) is 0 Å². The number of thioether (sulfide) groups is 1. The summed E-state index contributed by atoms with van der Waals surface area (Å²) in [6.45, 7) is 5.04. The van der Waals surface area contributed by atoms with Gasteiger partial charge in [0.05, 0.1) is 11.4 Å². The summed E-state index contributed by atoms with van der Waals surface area (Å²) >= 11 is 1.76. The summed E-state index contributed by atoms with van der Waals surface area (Å²) < 4.78 is 2.03. The van der Waals surface area contributed by atoms with Gasteiger partial charge in [-0.05, 0) is 18.9 Å². The van der Waals surface area contributed by atoms with Gasteiger partial charge in [0.2, 0.25) is 0 Å². The van der Waals surface area contributed by atoms with Crippen molar-refractivity contribution in [3.8, 4) is 0 Å². The molecule has 2 N–H and O–H groups in total. The predicted molar refractivity (Wildman–Crippen MR) is 77.7 cm³/mol. The van der Waals surface area contributed by atoms with Gasteiger partial charge in [-0.2, -0.15) is 5.10 Å². The summed E-state index contributed by atoms with van der Waals surface area (Å²) in [5.41, 5.74) is 9.16. The smallest absolute Gasteiger partial charge is 0.118 e. The lowest BCUT2D eigenvalue weighted by atomic mass is 10.2. The third kappa shape index (κ3) is 2.88. The van der Waals surface area contributed by atoms with E-state index in [2.05, 4.69) is 36.3 Å². The molecule has 0 atom stereocenters. The Kier molecular flexibility index (Phi) is 4.31. The fourth-order valence-corrected chi connectivity index (χ4v) is 2.90. The van der Waals surface area contributed by atoms with Crippen LogP contribution in [0.2, 0.25) is 0 Å². The van der Waals surface area contributed by atoms with E-state index in [9.17, 15) is 0 Å². The van der Waals surface area contributed by atoms with Crippen LogP contribution < -0.4 is 5.73 Å². The second-order valence-electron chi connectivity index (χ2n) is 4.30. The molecule has 0 unspecified atom stereocenters. The molecule has 0 saturated heterocycles. The molecule has 18 heavy (non-hydrogen) atoms. The molecule has 0 aliphatic rings. The molecule has 0 saturated carbocycles. The van der Waals surface area contributed by atoms with Crippen molar-refractivity contribution < 1.29 is 0 Å². The van der Waals surface area contributed by atoms with Gasteiger partial charge in [-0.3, -0.25) is 4.68 Å². The minimum Gasteiger partial charge on any atom is -0.395 e. The molecule has 0 aliphatic heterocycles. The zero-order valence-electron chi connectivity index (χ0n) is 10.9. The van der Waals surface area contributed by atoms with Crippen LogP contribution in [0.15, 0.2) is 35.4 Å². The lowest BCUT2D eigenvalue weighted by molar-refractivity contribution is 0.556. The van der Waals surface area contributed by atoms with E-state index < -0.39 is 0 Å². The molecule has 3 nitrogen and oxygen atoms in total. The molecule has 0 spiro atoms. The first-order valence-corrected chi connectivity index (χ1v) is 7.20. The normalized spacial score (nSPS) is 10.8. The van der Waals surface area contributed by atoms with Crippen LogP contribution in [0.4, 0.5) is 5.69 Å². The van der Waals surface area contributed by atoms with Crippen LogP contribution in [0, 0.1) is 6.92 Å². The second-order valence-corrected chi connectivity index (χ2v) is 5.27. The highest BCUT2D eigenvalue weighted by atomic mass is 32.2. The summed E-state index contributed by atoms with van der Waals surface area (Å²) in [6.07, 6.45) is 1.07. The first-order chi connectivity index (χ1) is 8.72. The summed E-state index contributed by atoms with van der Waals surface area (Å²) in [4.78, 5) is 0. The third-order valence-electron chi connectivity index (χ3n) is 2.78. The molecule has 96 valence electrons. The summed E-state index contributed by atoms with van der Waals surface area (Å²) in [5, 5.41) is 5.58. The number of nitrogen functional groups attached to an aromatic ring is 1. The van der Waals surface area contributed by atoms with E-state index >= 15 is 0 Å². The number of hydrogen-bond donors (Lipinski definition) is 1. The molecule has 1 heterocycles. The largest absolute Gasteiger partial charge is 0.395 e. The molecule has 0 radical (unpaired) electrons. The fraction of sp³-hybridized carbons (Fsp3) is 0.357. The lowest BCUT2D eigenvalue weighted by Crippen LogP contribution is -2.01. The van der Waals surface area contributed by atoms with E-state index in [1.54, 1.807) is 11.8 Å². The Morgan fingerprint density at radius 2 is 2.00 bits per heavy atom. The number of aromatic nitrogens is 2. The van der Waals surface area contributed by atoms with Gasteiger partial charge < -0.3 is 5.73 Å². The molecule has 0 amide bonds. The van der Waals surface area contributed by atoms with E-state index in [1.807, 2.05) is 17.7 Å². The maximum atomic E-state index is 6.09. The fourth-order valence-electron chi connectivity index (χ4n) is 1.82. The summed E-state index contributed by atoms with van der Waals surface area (Å²) in [5.74, 6) is 0.930. The summed E-state index contributed by atoms with van der Waals surface area (Å²) in [7, 11) is 0. The van der Waals surface area contributed by atoms with Crippen LogP contribution in [0.1, 0.15) is 24.6 Å². The first-order valence-electron chi connectivity index (χ1n) is 6.22. The van der Waals surface area contributed by atoms with Gasteiger partial charge in [0, 0.05) is 12.3 Å². The molecule has 1 aromatic heterocycles. The Morgan fingerprint density at radius 3 is 2.67 bits per heavy atom. The Morgan fingerprint density at radius 1 is 1.28 bits per heavy atom. The Hall–Kier alpha value is -1.42. The highest BCUT2D eigenvalue weighted by molar-refractivity contribution is 7.98. The molecule has 1 aromatic carbocycles. The maximum absolute atomic E-state index is 6.09. The average Bonchev–Trinajstić information content (AvgIpc) is 2.65. The van der Waals surface area contributed by atoms with Crippen LogP contribution in [-0.2, 0) is 12.3 Å². The standard InChI is InChI=1S/C14H19N3S/c1-3-9-17-14(13(15)11(2)16-17)18-10-12-7-5-4-6-8-12/h4-8H,3,9-10,15H2,1-2H3. The van der Waals surface area contributed by atoms with E-state index in [4.69, 9.17) is 5.73 Å². The number of benzene rings is 1. The number of anilines is 1. The predicted octanol–water partition coefficient (Wildman–Crippen LogP) is 3.48.